The van der Waals surface area contributed by atoms with Crippen molar-refractivity contribution < 1.29 is 4.39 Å². The summed E-state index contributed by atoms with van der Waals surface area (Å²) in [7, 11) is 0. The first-order valence-corrected chi connectivity index (χ1v) is 6.10. The lowest BCUT2D eigenvalue weighted by molar-refractivity contribution is 0.533. The Morgan fingerprint density at radius 2 is 2.28 bits per heavy atom. The van der Waals surface area contributed by atoms with Crippen molar-refractivity contribution in [3.63, 3.8) is 0 Å². The lowest BCUT2D eigenvalue weighted by atomic mass is 10.0. The molecule has 0 fully saturated rings. The fourth-order valence-corrected chi connectivity index (χ4v) is 1.98. The number of benzene rings is 1. The zero-order valence-electron chi connectivity index (χ0n) is 9.98. The smallest absolute Gasteiger partial charge is 0.128 e. The summed E-state index contributed by atoms with van der Waals surface area (Å²) in [6, 6.07) is 3.72. The van der Waals surface area contributed by atoms with Gasteiger partial charge in [-0.25, -0.2) is 9.07 Å². The number of hydrogen-bond acceptors (Lipinski definition) is 3. The molecule has 1 aromatic carbocycles. The second-order valence-electron chi connectivity index (χ2n) is 4.03. The fraction of sp³-hybridized carbons (Fsp3) is 0.333. The molecule has 1 atom stereocenters. The summed E-state index contributed by atoms with van der Waals surface area (Å²) in [6.45, 7) is 2.72. The van der Waals surface area contributed by atoms with Gasteiger partial charge in [-0.2, -0.15) is 0 Å². The van der Waals surface area contributed by atoms with E-state index in [9.17, 15) is 4.39 Å². The highest BCUT2D eigenvalue weighted by Crippen LogP contribution is 2.24. The molecule has 0 saturated carbocycles. The number of nitrogens with two attached hydrogens (primary N) is 1. The van der Waals surface area contributed by atoms with E-state index in [1.165, 1.54) is 18.2 Å². The Bertz CT molecular complexity index is 541. The highest BCUT2D eigenvalue weighted by atomic mass is 35.5. The Morgan fingerprint density at radius 3 is 3.00 bits per heavy atom. The maximum atomic E-state index is 13.7. The molecule has 0 bridgehead atoms. The molecule has 2 rings (SSSR count). The van der Waals surface area contributed by atoms with Crippen LogP contribution in [0, 0.1) is 5.82 Å². The average Bonchev–Trinajstić information content (AvgIpc) is 2.80. The lowest BCUT2D eigenvalue weighted by Gasteiger charge is -2.14. The van der Waals surface area contributed by atoms with Crippen LogP contribution in [0.25, 0.3) is 0 Å². The summed E-state index contributed by atoms with van der Waals surface area (Å²) in [5, 5.41) is 8.21. The van der Waals surface area contributed by atoms with E-state index in [1.807, 2.05) is 6.92 Å². The molecule has 4 nitrogen and oxygen atoms in total. The van der Waals surface area contributed by atoms with Gasteiger partial charge in [0.25, 0.3) is 0 Å². The first-order valence-electron chi connectivity index (χ1n) is 5.72. The highest BCUT2D eigenvalue weighted by Gasteiger charge is 2.18. The van der Waals surface area contributed by atoms with E-state index >= 15 is 0 Å². The van der Waals surface area contributed by atoms with E-state index < -0.39 is 6.04 Å². The summed E-state index contributed by atoms with van der Waals surface area (Å²) in [4.78, 5) is 0. The summed E-state index contributed by atoms with van der Waals surface area (Å²) >= 11 is 5.86. The Balaban J connectivity index is 2.38. The summed E-state index contributed by atoms with van der Waals surface area (Å²) in [6.07, 6.45) is 2.46. The molecule has 0 aliphatic carbocycles. The molecule has 2 aromatic rings. The molecule has 0 saturated heterocycles. The number of rotatable bonds is 4. The molecule has 96 valence electrons. The minimum Gasteiger partial charge on any atom is -0.319 e. The molecule has 2 N–H and O–H groups in total. The van der Waals surface area contributed by atoms with E-state index in [2.05, 4.69) is 10.3 Å². The maximum Gasteiger partial charge on any atom is 0.128 e. The van der Waals surface area contributed by atoms with Gasteiger partial charge in [0.1, 0.15) is 5.82 Å². The Kier molecular flexibility index (Phi) is 3.93. The van der Waals surface area contributed by atoms with Crippen LogP contribution < -0.4 is 5.73 Å². The van der Waals surface area contributed by atoms with Crippen LogP contribution in [0.4, 0.5) is 4.39 Å². The van der Waals surface area contributed by atoms with Crippen molar-refractivity contribution in [3.05, 3.63) is 46.5 Å². The van der Waals surface area contributed by atoms with Crippen LogP contribution in [0.15, 0.2) is 24.4 Å². The third-order valence-corrected chi connectivity index (χ3v) is 2.93. The average molecular weight is 269 g/mol. The van der Waals surface area contributed by atoms with E-state index in [0.717, 1.165) is 6.42 Å². The van der Waals surface area contributed by atoms with E-state index in [-0.39, 0.29) is 5.82 Å². The standard InChI is InChI=1S/C12H14ClFN4/c1-2-5-18-11(7-16-17-18)12(15)9-6-8(13)3-4-10(9)14/h3-4,6-7,12H,2,5,15H2,1H3. The molecule has 0 amide bonds. The second kappa shape index (κ2) is 5.46. The van der Waals surface area contributed by atoms with Crippen molar-refractivity contribution >= 4 is 11.6 Å². The van der Waals surface area contributed by atoms with Crippen molar-refractivity contribution in [1.29, 1.82) is 0 Å². The SMILES string of the molecule is CCCn1nncc1C(N)c1cc(Cl)ccc1F. The molecule has 0 spiro atoms. The first kappa shape index (κ1) is 13.0. The van der Waals surface area contributed by atoms with Crippen LogP contribution in [-0.2, 0) is 6.54 Å². The van der Waals surface area contributed by atoms with E-state index in [4.69, 9.17) is 17.3 Å². The largest absolute Gasteiger partial charge is 0.319 e. The topological polar surface area (TPSA) is 56.7 Å². The van der Waals surface area contributed by atoms with Crippen LogP contribution in [0.3, 0.4) is 0 Å². The van der Waals surface area contributed by atoms with Gasteiger partial charge in [-0.1, -0.05) is 23.7 Å². The van der Waals surface area contributed by atoms with Gasteiger partial charge in [-0.3, -0.25) is 0 Å². The highest BCUT2D eigenvalue weighted by molar-refractivity contribution is 6.30. The fourth-order valence-electron chi connectivity index (χ4n) is 1.80. The summed E-state index contributed by atoms with van der Waals surface area (Å²) < 4.78 is 15.4. The zero-order chi connectivity index (χ0) is 13.1. The molecule has 0 aliphatic rings. The lowest BCUT2D eigenvalue weighted by Crippen LogP contribution is -2.18. The van der Waals surface area contributed by atoms with Gasteiger partial charge < -0.3 is 5.73 Å². The first-order chi connectivity index (χ1) is 8.63. The minimum absolute atomic E-state index is 0.349. The van der Waals surface area contributed by atoms with Crippen LogP contribution in [0.1, 0.15) is 30.6 Å². The van der Waals surface area contributed by atoms with Gasteiger partial charge >= 0.3 is 0 Å². The van der Waals surface area contributed by atoms with Crippen LogP contribution >= 0.6 is 11.6 Å². The van der Waals surface area contributed by atoms with Crippen molar-refractivity contribution in [2.45, 2.75) is 25.9 Å². The van der Waals surface area contributed by atoms with Gasteiger partial charge in [-0.15, -0.1) is 5.10 Å². The van der Waals surface area contributed by atoms with Crippen molar-refractivity contribution in [2.75, 3.05) is 0 Å². The van der Waals surface area contributed by atoms with Gasteiger partial charge in [0.2, 0.25) is 0 Å². The number of hydrogen-bond donors (Lipinski definition) is 1. The molecule has 1 unspecified atom stereocenters. The molecule has 18 heavy (non-hydrogen) atoms. The van der Waals surface area contributed by atoms with Crippen molar-refractivity contribution in [2.24, 2.45) is 5.73 Å². The van der Waals surface area contributed by atoms with E-state index in [1.54, 1.807) is 10.9 Å². The van der Waals surface area contributed by atoms with Crippen molar-refractivity contribution in [1.82, 2.24) is 15.0 Å². The predicted octanol–water partition coefficient (Wildman–Crippen LogP) is 2.53. The van der Waals surface area contributed by atoms with Gasteiger partial charge in [0.15, 0.2) is 0 Å². The third-order valence-electron chi connectivity index (χ3n) is 2.69. The van der Waals surface area contributed by atoms with Crippen LogP contribution in [0.5, 0.6) is 0 Å². The predicted molar refractivity (Wildman–Crippen MR) is 67.8 cm³/mol. The Morgan fingerprint density at radius 1 is 1.50 bits per heavy atom. The minimum atomic E-state index is -0.620. The van der Waals surface area contributed by atoms with Crippen molar-refractivity contribution in [3.8, 4) is 0 Å². The normalized spacial score (nSPS) is 12.7. The molecular formula is C12H14ClFN4. The third kappa shape index (κ3) is 2.52. The quantitative estimate of drug-likeness (QED) is 0.927. The summed E-state index contributed by atoms with van der Waals surface area (Å²) in [5.74, 6) is -0.379. The van der Waals surface area contributed by atoms with Gasteiger partial charge in [-0.05, 0) is 24.6 Å². The zero-order valence-corrected chi connectivity index (χ0v) is 10.7. The summed E-state index contributed by atoms with van der Waals surface area (Å²) in [5.41, 5.74) is 7.09. The van der Waals surface area contributed by atoms with Gasteiger partial charge in [0, 0.05) is 17.1 Å². The number of aromatic nitrogens is 3. The number of halogens is 2. The number of nitrogens with zero attached hydrogens (tertiary/aromatic N) is 3. The van der Waals surface area contributed by atoms with Gasteiger partial charge in [0.05, 0.1) is 17.9 Å². The Hall–Kier alpha value is -1.46. The molecule has 0 aliphatic heterocycles. The monoisotopic (exact) mass is 268 g/mol. The van der Waals surface area contributed by atoms with E-state index in [0.29, 0.717) is 22.8 Å². The Labute approximate surface area is 110 Å². The molecular weight excluding hydrogens is 255 g/mol. The number of aryl methyl sites for hydroxylation is 1. The van der Waals surface area contributed by atoms with Crippen LogP contribution in [0.2, 0.25) is 5.02 Å². The molecule has 1 aromatic heterocycles. The molecule has 0 radical (unpaired) electrons. The second-order valence-corrected chi connectivity index (χ2v) is 4.46. The molecule has 1 heterocycles. The van der Waals surface area contributed by atoms with Crippen LogP contribution in [-0.4, -0.2) is 15.0 Å². The molecule has 6 heteroatoms. The maximum absolute atomic E-state index is 13.7.